The maximum absolute atomic E-state index is 13.2. The molecule has 0 unspecified atom stereocenters. The summed E-state index contributed by atoms with van der Waals surface area (Å²) >= 11 is 0. The lowest BCUT2D eigenvalue weighted by molar-refractivity contribution is -0.138. The number of nitriles is 1. The molecule has 126 valence electrons. The number of rotatable bonds is 3. The predicted octanol–water partition coefficient (Wildman–Crippen LogP) is 2.37. The third-order valence-electron chi connectivity index (χ3n) is 3.50. The summed E-state index contributed by atoms with van der Waals surface area (Å²) in [7, 11) is 0. The highest BCUT2D eigenvalue weighted by Gasteiger charge is 2.34. The summed E-state index contributed by atoms with van der Waals surface area (Å²) in [5.74, 6) is 0. The second kappa shape index (κ2) is 6.24. The largest absolute Gasteiger partial charge is 0.416 e. The first-order chi connectivity index (χ1) is 11.9. The molecule has 0 spiro atoms. The van der Waals surface area contributed by atoms with Crippen LogP contribution in [0, 0.1) is 11.3 Å². The summed E-state index contributed by atoms with van der Waals surface area (Å²) in [6.07, 6.45) is -4.65. The Hall–Kier alpha value is -3.41. The number of para-hydroxylation sites is 1. The maximum Gasteiger partial charge on any atom is 0.416 e. The Labute approximate surface area is 139 Å². The molecule has 0 fully saturated rings. The van der Waals surface area contributed by atoms with Crippen molar-refractivity contribution >= 4 is 0 Å². The average Bonchev–Trinajstić information content (AvgIpc) is 2.96. The molecule has 0 aliphatic carbocycles. The molecule has 1 heterocycles. The van der Waals surface area contributed by atoms with E-state index in [4.69, 9.17) is 5.26 Å². The number of nitrogens with zero attached hydrogens (tertiary/aromatic N) is 5. The number of hydrogen-bond acceptors (Lipinski definition) is 4. The van der Waals surface area contributed by atoms with Crippen LogP contribution in [0.15, 0.2) is 53.3 Å². The zero-order chi connectivity index (χ0) is 18.0. The van der Waals surface area contributed by atoms with Crippen molar-refractivity contribution in [3.05, 3.63) is 75.7 Å². The normalized spacial score (nSPS) is 11.3. The Morgan fingerprint density at radius 3 is 2.44 bits per heavy atom. The molecule has 2 aromatic carbocycles. The minimum atomic E-state index is -4.65. The lowest BCUT2D eigenvalue weighted by atomic mass is 10.0. The zero-order valence-electron chi connectivity index (χ0n) is 12.6. The van der Waals surface area contributed by atoms with Crippen molar-refractivity contribution < 1.29 is 13.2 Å². The van der Waals surface area contributed by atoms with Crippen molar-refractivity contribution in [1.29, 1.82) is 5.26 Å². The van der Waals surface area contributed by atoms with Crippen LogP contribution in [0.4, 0.5) is 13.2 Å². The molecular formula is C16H10F3N5O. The molecule has 1 aromatic heterocycles. The van der Waals surface area contributed by atoms with E-state index in [0.29, 0.717) is 5.69 Å². The van der Waals surface area contributed by atoms with Crippen molar-refractivity contribution in [2.75, 3.05) is 0 Å². The van der Waals surface area contributed by atoms with Gasteiger partial charge in [-0.2, -0.15) is 27.8 Å². The molecule has 0 aliphatic heterocycles. The van der Waals surface area contributed by atoms with Gasteiger partial charge in [-0.25, -0.2) is 4.79 Å². The van der Waals surface area contributed by atoms with E-state index in [1.807, 2.05) is 0 Å². The van der Waals surface area contributed by atoms with Gasteiger partial charge >= 0.3 is 11.9 Å². The number of halogens is 3. The van der Waals surface area contributed by atoms with Crippen LogP contribution in [0.3, 0.4) is 0 Å². The molecule has 0 aliphatic rings. The van der Waals surface area contributed by atoms with E-state index in [0.717, 1.165) is 21.5 Å². The van der Waals surface area contributed by atoms with E-state index in [1.165, 1.54) is 6.07 Å². The first-order valence-corrected chi connectivity index (χ1v) is 7.08. The summed E-state index contributed by atoms with van der Waals surface area (Å²) in [5.41, 5.74) is -1.48. The summed E-state index contributed by atoms with van der Waals surface area (Å²) in [6, 6.07) is 13.2. The van der Waals surface area contributed by atoms with E-state index >= 15 is 0 Å². The molecule has 25 heavy (non-hydrogen) atoms. The van der Waals surface area contributed by atoms with Crippen LogP contribution in [-0.4, -0.2) is 19.8 Å². The topological polar surface area (TPSA) is 76.5 Å². The Balaban J connectivity index is 2.01. The van der Waals surface area contributed by atoms with Gasteiger partial charge in [0.25, 0.3) is 0 Å². The lowest BCUT2D eigenvalue weighted by Crippen LogP contribution is -2.25. The molecule has 0 saturated carbocycles. The van der Waals surface area contributed by atoms with Crippen LogP contribution >= 0.6 is 0 Å². The first kappa shape index (κ1) is 16.4. The van der Waals surface area contributed by atoms with Gasteiger partial charge < -0.3 is 0 Å². The van der Waals surface area contributed by atoms with E-state index < -0.39 is 24.0 Å². The summed E-state index contributed by atoms with van der Waals surface area (Å²) < 4.78 is 41.4. The molecule has 0 saturated heterocycles. The van der Waals surface area contributed by atoms with Gasteiger partial charge in [-0.3, -0.25) is 0 Å². The van der Waals surface area contributed by atoms with Crippen molar-refractivity contribution in [2.24, 2.45) is 0 Å². The number of hydrogen-bond donors (Lipinski definition) is 0. The molecule has 0 bridgehead atoms. The lowest BCUT2D eigenvalue weighted by Gasteiger charge is -2.12. The molecule has 0 radical (unpaired) electrons. The fourth-order valence-electron chi connectivity index (χ4n) is 2.31. The van der Waals surface area contributed by atoms with E-state index in [2.05, 4.69) is 10.4 Å². The van der Waals surface area contributed by atoms with Crippen LogP contribution in [-0.2, 0) is 12.7 Å². The zero-order valence-corrected chi connectivity index (χ0v) is 12.6. The Bertz CT molecular complexity index is 999. The van der Waals surface area contributed by atoms with Crippen molar-refractivity contribution in [3.8, 4) is 11.8 Å². The third kappa shape index (κ3) is 3.28. The Morgan fingerprint density at radius 2 is 1.80 bits per heavy atom. The summed E-state index contributed by atoms with van der Waals surface area (Å²) in [4.78, 5) is 12.3. The smallest absolute Gasteiger partial charge is 0.244 e. The van der Waals surface area contributed by atoms with Crippen LogP contribution < -0.4 is 5.69 Å². The third-order valence-corrected chi connectivity index (χ3v) is 3.50. The van der Waals surface area contributed by atoms with Gasteiger partial charge in [0.15, 0.2) is 0 Å². The fourth-order valence-corrected chi connectivity index (χ4v) is 2.31. The van der Waals surface area contributed by atoms with Gasteiger partial charge in [0, 0.05) is 0 Å². The van der Waals surface area contributed by atoms with E-state index in [-0.39, 0.29) is 11.1 Å². The SMILES string of the molecule is N#Cc1ccc(Cn2nnn(-c3ccccc3)c2=O)c(C(F)(F)F)c1. The Kier molecular flexibility index (Phi) is 4.10. The second-order valence-electron chi connectivity index (χ2n) is 5.15. The highest BCUT2D eigenvalue weighted by molar-refractivity contribution is 5.40. The Morgan fingerprint density at radius 1 is 1.08 bits per heavy atom. The van der Waals surface area contributed by atoms with Gasteiger partial charge in [0.05, 0.1) is 29.4 Å². The standard InChI is InChI=1S/C16H10F3N5O/c17-16(18,19)14-8-11(9-20)6-7-12(14)10-23-15(25)24(22-21-23)13-4-2-1-3-5-13/h1-8H,10H2. The molecule has 0 atom stereocenters. The molecular weight excluding hydrogens is 335 g/mol. The van der Waals surface area contributed by atoms with Gasteiger partial charge in [-0.1, -0.05) is 24.3 Å². The van der Waals surface area contributed by atoms with Crippen molar-refractivity contribution in [2.45, 2.75) is 12.7 Å². The van der Waals surface area contributed by atoms with Crippen LogP contribution in [0.2, 0.25) is 0 Å². The average molecular weight is 345 g/mol. The molecule has 9 heteroatoms. The molecule has 3 rings (SSSR count). The minimum Gasteiger partial charge on any atom is -0.244 e. The van der Waals surface area contributed by atoms with Crippen molar-refractivity contribution in [1.82, 2.24) is 19.8 Å². The number of alkyl halides is 3. The van der Waals surface area contributed by atoms with Crippen LogP contribution in [0.5, 0.6) is 0 Å². The summed E-state index contributed by atoms with van der Waals surface area (Å²) in [5, 5.41) is 16.1. The minimum absolute atomic E-state index is 0.114. The summed E-state index contributed by atoms with van der Waals surface area (Å²) in [6.45, 7) is -0.410. The fraction of sp³-hybridized carbons (Fsp3) is 0.125. The number of benzene rings is 2. The molecule has 3 aromatic rings. The van der Waals surface area contributed by atoms with E-state index in [1.54, 1.807) is 36.4 Å². The van der Waals surface area contributed by atoms with Gasteiger partial charge in [-0.05, 0) is 40.3 Å². The molecule has 0 amide bonds. The first-order valence-electron chi connectivity index (χ1n) is 7.08. The van der Waals surface area contributed by atoms with Gasteiger partial charge in [0.2, 0.25) is 0 Å². The highest BCUT2D eigenvalue weighted by atomic mass is 19.4. The monoisotopic (exact) mass is 345 g/mol. The van der Waals surface area contributed by atoms with Gasteiger partial charge in [-0.15, -0.1) is 0 Å². The second-order valence-corrected chi connectivity index (χ2v) is 5.15. The quantitative estimate of drug-likeness (QED) is 0.730. The van der Waals surface area contributed by atoms with Crippen LogP contribution in [0.25, 0.3) is 5.69 Å². The predicted molar refractivity (Wildman–Crippen MR) is 80.9 cm³/mol. The number of tetrazole rings is 1. The van der Waals surface area contributed by atoms with E-state index in [9.17, 15) is 18.0 Å². The van der Waals surface area contributed by atoms with Crippen LogP contribution in [0.1, 0.15) is 16.7 Å². The highest BCUT2D eigenvalue weighted by Crippen LogP contribution is 2.32. The van der Waals surface area contributed by atoms with Gasteiger partial charge in [0.1, 0.15) is 0 Å². The molecule has 6 nitrogen and oxygen atoms in total. The molecule has 0 N–H and O–H groups in total. The number of aromatic nitrogens is 4. The maximum atomic E-state index is 13.2. The van der Waals surface area contributed by atoms with Crippen molar-refractivity contribution in [3.63, 3.8) is 0 Å².